The van der Waals surface area contributed by atoms with Gasteiger partial charge in [-0.05, 0) is 57.2 Å². The van der Waals surface area contributed by atoms with Gasteiger partial charge in [0.1, 0.15) is 22.3 Å². The minimum absolute atomic E-state index is 0.150. The summed E-state index contributed by atoms with van der Waals surface area (Å²) in [6, 6.07) is 5.56. The quantitative estimate of drug-likeness (QED) is 0.455. The maximum absolute atomic E-state index is 12.8. The number of aryl methyl sites for hydroxylation is 3. The maximum atomic E-state index is 12.8. The Balaban J connectivity index is 1.50. The van der Waals surface area contributed by atoms with E-state index in [0.29, 0.717) is 28.1 Å². The van der Waals surface area contributed by atoms with Crippen molar-refractivity contribution in [3.63, 3.8) is 0 Å². The van der Waals surface area contributed by atoms with Crippen LogP contribution in [0.2, 0.25) is 0 Å². The minimum Gasteiger partial charge on any atom is -0.452 e. The van der Waals surface area contributed by atoms with Crippen molar-refractivity contribution in [1.29, 1.82) is 5.26 Å². The van der Waals surface area contributed by atoms with E-state index in [1.165, 1.54) is 17.5 Å². The Morgan fingerprint density at radius 1 is 1.27 bits per heavy atom. The Bertz CT molecular complexity index is 1350. The third kappa shape index (κ3) is 4.52. The van der Waals surface area contributed by atoms with Crippen LogP contribution in [0.25, 0.3) is 11.0 Å². The van der Waals surface area contributed by atoms with E-state index in [1.54, 1.807) is 16.7 Å². The van der Waals surface area contributed by atoms with E-state index in [2.05, 4.69) is 16.4 Å². The number of pyridine rings is 2. The average Bonchev–Trinajstić information content (AvgIpc) is 2.96. The van der Waals surface area contributed by atoms with Gasteiger partial charge in [0, 0.05) is 23.3 Å². The zero-order chi connectivity index (χ0) is 23.5. The third-order valence-electron chi connectivity index (χ3n) is 5.74. The lowest BCUT2D eigenvalue weighted by Crippen LogP contribution is -2.25. The summed E-state index contributed by atoms with van der Waals surface area (Å²) in [5.41, 5.74) is 2.15. The number of aromatic nitrogens is 2. The first-order valence-electron chi connectivity index (χ1n) is 10.9. The predicted octanol–water partition coefficient (Wildman–Crippen LogP) is 3.72. The first kappa shape index (κ1) is 22.7. The molecule has 1 amide bonds. The van der Waals surface area contributed by atoms with E-state index in [0.717, 1.165) is 48.2 Å². The van der Waals surface area contributed by atoms with Crippen molar-refractivity contribution >= 4 is 39.2 Å². The summed E-state index contributed by atoms with van der Waals surface area (Å²) in [6.45, 7) is 3.66. The van der Waals surface area contributed by atoms with Gasteiger partial charge in [-0.3, -0.25) is 9.59 Å². The Kier molecular flexibility index (Phi) is 6.56. The van der Waals surface area contributed by atoms with Gasteiger partial charge in [0.05, 0.1) is 10.9 Å². The van der Waals surface area contributed by atoms with Crippen molar-refractivity contribution in [3.8, 4) is 6.07 Å². The molecule has 3 heterocycles. The molecule has 0 aliphatic heterocycles. The Hall–Kier alpha value is -3.51. The molecule has 170 valence electrons. The topological polar surface area (TPSA) is 114 Å². The number of hydrogen-bond acceptors (Lipinski definition) is 7. The highest BCUT2D eigenvalue weighted by Gasteiger charge is 2.22. The van der Waals surface area contributed by atoms with Gasteiger partial charge in [-0.25, -0.2) is 9.78 Å². The van der Waals surface area contributed by atoms with E-state index >= 15 is 0 Å². The fourth-order valence-electron chi connectivity index (χ4n) is 4.07. The number of anilines is 1. The fraction of sp³-hybridized carbons (Fsp3) is 0.375. The molecular weight excluding hydrogens is 440 g/mol. The van der Waals surface area contributed by atoms with E-state index in [4.69, 9.17) is 4.74 Å². The second-order valence-corrected chi connectivity index (χ2v) is 9.09. The molecule has 0 saturated heterocycles. The number of carbonyl (C=O) groups is 2. The largest absolute Gasteiger partial charge is 0.452 e. The van der Waals surface area contributed by atoms with Crippen LogP contribution < -0.4 is 10.7 Å². The Labute approximate surface area is 194 Å². The van der Waals surface area contributed by atoms with E-state index in [9.17, 15) is 19.6 Å². The Morgan fingerprint density at radius 3 is 2.82 bits per heavy atom. The van der Waals surface area contributed by atoms with Crippen molar-refractivity contribution in [2.24, 2.45) is 0 Å². The van der Waals surface area contributed by atoms with Crippen molar-refractivity contribution in [2.45, 2.75) is 52.5 Å². The van der Waals surface area contributed by atoms with Crippen LogP contribution in [0, 0.1) is 18.3 Å². The highest BCUT2D eigenvalue weighted by molar-refractivity contribution is 7.16. The standard InChI is InChI=1S/C24H24N4O4S/c1-3-28-12-18(21(30)16-10-9-14(2)26-22(16)28)24(31)32-13-20(29)27-23-17(11-25)15-7-5-4-6-8-19(15)33-23/h9-10,12H,3-8,13H2,1-2H3,(H,27,29). The summed E-state index contributed by atoms with van der Waals surface area (Å²) in [5, 5.41) is 13.1. The number of hydrogen-bond donors (Lipinski definition) is 1. The van der Waals surface area contributed by atoms with Crippen molar-refractivity contribution in [2.75, 3.05) is 11.9 Å². The lowest BCUT2D eigenvalue weighted by Gasteiger charge is -2.11. The smallest absolute Gasteiger partial charge is 0.344 e. The summed E-state index contributed by atoms with van der Waals surface area (Å²) in [7, 11) is 0. The Morgan fingerprint density at radius 2 is 2.06 bits per heavy atom. The molecule has 0 aromatic carbocycles. The molecule has 0 bridgehead atoms. The number of nitrogens with zero attached hydrogens (tertiary/aromatic N) is 3. The molecule has 8 nitrogen and oxygen atoms in total. The summed E-state index contributed by atoms with van der Waals surface area (Å²) in [6.07, 6.45) is 6.38. The molecule has 3 aromatic rings. The number of nitriles is 1. The second kappa shape index (κ2) is 9.55. The predicted molar refractivity (Wildman–Crippen MR) is 126 cm³/mol. The molecule has 0 radical (unpaired) electrons. The number of amides is 1. The van der Waals surface area contributed by atoms with E-state index in [1.807, 2.05) is 13.8 Å². The van der Waals surface area contributed by atoms with Gasteiger partial charge in [-0.2, -0.15) is 5.26 Å². The van der Waals surface area contributed by atoms with Gasteiger partial charge < -0.3 is 14.6 Å². The van der Waals surface area contributed by atoms with Crippen molar-refractivity contribution in [3.05, 3.63) is 55.8 Å². The van der Waals surface area contributed by atoms with Crippen LogP contribution in [0.15, 0.2) is 23.1 Å². The summed E-state index contributed by atoms with van der Waals surface area (Å²) >= 11 is 1.41. The molecule has 1 aliphatic carbocycles. The van der Waals surface area contributed by atoms with Gasteiger partial charge >= 0.3 is 5.97 Å². The van der Waals surface area contributed by atoms with Crippen LogP contribution in [0.4, 0.5) is 5.00 Å². The molecule has 1 N–H and O–H groups in total. The number of rotatable bonds is 5. The van der Waals surface area contributed by atoms with Gasteiger partial charge in [-0.1, -0.05) is 6.42 Å². The van der Waals surface area contributed by atoms with Crippen molar-refractivity contribution < 1.29 is 14.3 Å². The maximum Gasteiger partial charge on any atom is 0.344 e. The number of ether oxygens (including phenoxy) is 1. The van der Waals surface area contributed by atoms with Gasteiger partial charge in [0.15, 0.2) is 6.61 Å². The molecule has 4 rings (SSSR count). The second-order valence-electron chi connectivity index (χ2n) is 7.99. The molecule has 9 heteroatoms. The van der Waals surface area contributed by atoms with Crippen LogP contribution in [-0.2, 0) is 28.9 Å². The molecule has 33 heavy (non-hydrogen) atoms. The van der Waals surface area contributed by atoms with Crippen molar-refractivity contribution in [1.82, 2.24) is 9.55 Å². The van der Waals surface area contributed by atoms with Crippen LogP contribution >= 0.6 is 11.3 Å². The first-order valence-corrected chi connectivity index (χ1v) is 11.8. The van der Waals surface area contributed by atoms with Crippen LogP contribution in [-0.4, -0.2) is 28.0 Å². The highest BCUT2D eigenvalue weighted by Crippen LogP contribution is 2.36. The highest BCUT2D eigenvalue weighted by atomic mass is 32.1. The molecule has 0 fully saturated rings. The van der Waals surface area contributed by atoms with Crippen LogP contribution in [0.1, 0.15) is 58.2 Å². The molecule has 3 aromatic heterocycles. The number of thiophene rings is 1. The van der Waals surface area contributed by atoms with Gasteiger partial charge in [0.2, 0.25) is 5.43 Å². The van der Waals surface area contributed by atoms with Gasteiger partial charge in [-0.15, -0.1) is 11.3 Å². The summed E-state index contributed by atoms with van der Waals surface area (Å²) < 4.78 is 6.85. The molecule has 0 spiro atoms. The SMILES string of the molecule is CCn1cc(C(=O)OCC(=O)Nc2sc3c(c2C#N)CCCCC3)c(=O)c2ccc(C)nc21. The number of esters is 1. The summed E-state index contributed by atoms with van der Waals surface area (Å²) in [4.78, 5) is 43.5. The van der Waals surface area contributed by atoms with E-state index < -0.39 is 23.9 Å². The third-order valence-corrected chi connectivity index (χ3v) is 6.95. The molecule has 0 atom stereocenters. The fourth-order valence-corrected chi connectivity index (χ4v) is 5.32. The first-order chi connectivity index (χ1) is 15.9. The molecule has 0 saturated carbocycles. The van der Waals surface area contributed by atoms with Crippen LogP contribution in [0.5, 0.6) is 0 Å². The van der Waals surface area contributed by atoms with Crippen LogP contribution in [0.3, 0.4) is 0 Å². The zero-order valence-corrected chi connectivity index (χ0v) is 19.4. The molecule has 0 unspecified atom stereocenters. The number of fused-ring (bicyclic) bond motifs is 2. The number of nitrogens with one attached hydrogen (secondary N) is 1. The minimum atomic E-state index is -0.873. The molecule has 1 aliphatic rings. The van der Waals surface area contributed by atoms with E-state index in [-0.39, 0.29) is 5.56 Å². The molecular formula is C24H24N4O4S. The average molecular weight is 465 g/mol. The normalized spacial score (nSPS) is 13.1. The van der Waals surface area contributed by atoms with Gasteiger partial charge in [0.25, 0.3) is 5.91 Å². The monoisotopic (exact) mass is 464 g/mol. The lowest BCUT2D eigenvalue weighted by atomic mass is 10.1. The lowest BCUT2D eigenvalue weighted by molar-refractivity contribution is -0.119. The summed E-state index contributed by atoms with van der Waals surface area (Å²) in [5.74, 6) is -1.42. The number of carbonyl (C=O) groups excluding carboxylic acids is 2. The zero-order valence-electron chi connectivity index (χ0n) is 18.6.